The summed E-state index contributed by atoms with van der Waals surface area (Å²) in [7, 11) is 0. The van der Waals surface area contributed by atoms with Crippen LogP contribution in [-0.2, 0) is 12.8 Å². The van der Waals surface area contributed by atoms with Gasteiger partial charge in [-0.2, -0.15) is 0 Å². The molecular formula is C25H25F4N3O3. The lowest BCUT2D eigenvalue weighted by Crippen LogP contribution is -2.38. The molecule has 1 aromatic carbocycles. The van der Waals surface area contributed by atoms with Crippen molar-refractivity contribution >= 4 is 16.9 Å². The maximum Gasteiger partial charge on any atom is 0.573 e. The molecule has 0 saturated carbocycles. The van der Waals surface area contributed by atoms with Crippen molar-refractivity contribution in [2.24, 2.45) is 0 Å². The summed E-state index contributed by atoms with van der Waals surface area (Å²) in [6.45, 7) is 0.803. The van der Waals surface area contributed by atoms with Crippen LogP contribution < -0.4 is 4.74 Å². The lowest BCUT2D eigenvalue weighted by Gasteiger charge is -2.33. The molecule has 1 amide bonds. The summed E-state index contributed by atoms with van der Waals surface area (Å²) in [5, 5.41) is 10.9. The van der Waals surface area contributed by atoms with Gasteiger partial charge in [0, 0.05) is 35.3 Å². The number of fused-ring (bicyclic) bond motifs is 3. The Bertz CT molecular complexity index is 1230. The first-order valence-electron chi connectivity index (χ1n) is 11.7. The summed E-state index contributed by atoms with van der Waals surface area (Å²) in [6.07, 6.45) is -0.202. The summed E-state index contributed by atoms with van der Waals surface area (Å²) >= 11 is 0. The van der Waals surface area contributed by atoms with Crippen LogP contribution in [0.4, 0.5) is 17.6 Å². The van der Waals surface area contributed by atoms with Crippen LogP contribution in [0, 0.1) is 5.82 Å². The average Bonchev–Trinajstić information content (AvgIpc) is 3.07. The van der Waals surface area contributed by atoms with Crippen molar-refractivity contribution in [3.8, 4) is 5.75 Å². The number of hydrogen-bond acceptors (Lipinski definition) is 4. The minimum Gasteiger partial charge on any atom is -0.406 e. The molecule has 0 radical (unpaired) electrons. The lowest BCUT2D eigenvalue weighted by atomic mass is 9.86. The van der Waals surface area contributed by atoms with E-state index < -0.39 is 6.36 Å². The van der Waals surface area contributed by atoms with E-state index in [9.17, 15) is 23.1 Å². The Kier molecular flexibility index (Phi) is 6.16. The second-order valence-electron chi connectivity index (χ2n) is 9.20. The molecule has 1 atom stereocenters. The predicted molar refractivity (Wildman–Crippen MR) is 120 cm³/mol. The third kappa shape index (κ3) is 4.84. The van der Waals surface area contributed by atoms with Gasteiger partial charge in [0.25, 0.3) is 5.91 Å². The van der Waals surface area contributed by atoms with Crippen LogP contribution >= 0.6 is 0 Å². The number of hydrogen-bond donors (Lipinski definition) is 2. The number of carbonyl (C=O) groups is 1. The first-order valence-corrected chi connectivity index (χ1v) is 11.7. The summed E-state index contributed by atoms with van der Waals surface area (Å²) in [5.74, 6) is -1.13. The highest BCUT2D eigenvalue weighted by Crippen LogP contribution is 2.39. The van der Waals surface area contributed by atoms with Gasteiger partial charge in [-0.05, 0) is 74.3 Å². The monoisotopic (exact) mass is 491 g/mol. The van der Waals surface area contributed by atoms with E-state index in [2.05, 4.69) is 14.7 Å². The molecular weight excluding hydrogens is 466 g/mol. The molecule has 2 aromatic heterocycles. The van der Waals surface area contributed by atoms with E-state index in [1.165, 1.54) is 18.3 Å². The van der Waals surface area contributed by atoms with Crippen LogP contribution in [-0.4, -0.2) is 51.4 Å². The number of rotatable bonds is 3. The number of pyridine rings is 1. The average molecular weight is 491 g/mol. The third-order valence-electron chi connectivity index (χ3n) is 6.99. The number of carbonyl (C=O) groups excluding carboxylic acids is 1. The number of halogens is 4. The van der Waals surface area contributed by atoms with Crippen LogP contribution in [0.2, 0.25) is 0 Å². The fourth-order valence-electron chi connectivity index (χ4n) is 5.28. The minimum atomic E-state index is -4.79. The number of alkyl halides is 3. The number of aliphatic hydroxyl groups is 1. The largest absolute Gasteiger partial charge is 0.573 e. The normalized spacial score (nSPS) is 19.5. The van der Waals surface area contributed by atoms with Gasteiger partial charge < -0.3 is 19.7 Å². The number of amides is 1. The molecule has 1 aliphatic heterocycles. The zero-order chi connectivity index (χ0) is 24.7. The maximum absolute atomic E-state index is 15.1. The zero-order valence-corrected chi connectivity index (χ0v) is 18.9. The number of nitrogens with one attached hydrogen (secondary N) is 1. The van der Waals surface area contributed by atoms with Crippen molar-refractivity contribution in [2.75, 3.05) is 13.1 Å². The first kappa shape index (κ1) is 23.6. The molecule has 3 aromatic rings. The molecule has 0 spiro atoms. The first-order chi connectivity index (χ1) is 16.7. The summed E-state index contributed by atoms with van der Waals surface area (Å²) in [6, 6.07) is 4.85. The Morgan fingerprint density at radius 1 is 1.09 bits per heavy atom. The lowest BCUT2D eigenvalue weighted by molar-refractivity contribution is -0.274. The van der Waals surface area contributed by atoms with Gasteiger partial charge >= 0.3 is 6.36 Å². The third-order valence-corrected chi connectivity index (χ3v) is 6.99. The number of benzene rings is 1. The molecule has 0 bridgehead atoms. The molecule has 1 saturated heterocycles. The van der Waals surface area contributed by atoms with E-state index in [4.69, 9.17) is 0 Å². The Labute approximate surface area is 198 Å². The Morgan fingerprint density at radius 3 is 2.46 bits per heavy atom. The van der Waals surface area contributed by atoms with Crippen LogP contribution in [0.1, 0.15) is 58.8 Å². The summed E-state index contributed by atoms with van der Waals surface area (Å²) in [5.41, 5.74) is 3.57. The molecule has 3 heterocycles. The SMILES string of the molecule is O=C(c1ccc(OC(F)(F)F)cc1)N1CCC(c2c(F)cnc3[nH]c4c(c23)CCC(O)CC4)CC1. The van der Waals surface area contributed by atoms with Crippen LogP contribution in [0.25, 0.3) is 11.0 Å². The molecule has 2 N–H and O–H groups in total. The van der Waals surface area contributed by atoms with Crippen molar-refractivity contribution in [1.82, 2.24) is 14.9 Å². The molecule has 10 heteroatoms. The van der Waals surface area contributed by atoms with Crippen LogP contribution in [0.5, 0.6) is 5.75 Å². The van der Waals surface area contributed by atoms with Gasteiger partial charge in [0.1, 0.15) is 17.2 Å². The zero-order valence-electron chi connectivity index (χ0n) is 18.9. The molecule has 1 unspecified atom stereocenters. The van der Waals surface area contributed by atoms with Crippen molar-refractivity contribution in [3.63, 3.8) is 0 Å². The molecule has 1 aliphatic carbocycles. The highest BCUT2D eigenvalue weighted by atomic mass is 19.4. The number of aromatic amines is 1. The van der Waals surface area contributed by atoms with Gasteiger partial charge in [0.05, 0.1) is 12.3 Å². The van der Waals surface area contributed by atoms with Gasteiger partial charge in [-0.1, -0.05) is 0 Å². The fraction of sp³-hybridized carbons (Fsp3) is 0.440. The Morgan fingerprint density at radius 2 is 1.77 bits per heavy atom. The van der Waals surface area contributed by atoms with Crippen molar-refractivity contribution in [1.29, 1.82) is 0 Å². The van der Waals surface area contributed by atoms with Crippen molar-refractivity contribution in [2.45, 2.75) is 56.9 Å². The smallest absolute Gasteiger partial charge is 0.406 e. The predicted octanol–water partition coefficient (Wildman–Crippen LogP) is 4.86. The number of aromatic nitrogens is 2. The van der Waals surface area contributed by atoms with Crippen LogP contribution in [0.3, 0.4) is 0 Å². The van der Waals surface area contributed by atoms with E-state index in [0.29, 0.717) is 62.8 Å². The Hall–Kier alpha value is -3.14. The number of likely N-dealkylation sites (tertiary alicyclic amines) is 1. The van der Waals surface area contributed by atoms with E-state index in [1.54, 1.807) is 4.90 Å². The van der Waals surface area contributed by atoms with Gasteiger partial charge in [0.2, 0.25) is 0 Å². The number of piperidine rings is 1. The number of H-pyrrole nitrogens is 1. The highest BCUT2D eigenvalue weighted by molar-refractivity contribution is 5.94. The summed E-state index contributed by atoms with van der Waals surface area (Å²) < 4.78 is 56.1. The molecule has 1 fully saturated rings. The van der Waals surface area contributed by atoms with Crippen LogP contribution in [0.15, 0.2) is 30.5 Å². The quantitative estimate of drug-likeness (QED) is 0.405. The van der Waals surface area contributed by atoms with Gasteiger partial charge in [-0.15, -0.1) is 13.2 Å². The molecule has 35 heavy (non-hydrogen) atoms. The molecule has 6 nitrogen and oxygen atoms in total. The number of aryl methyl sites for hydroxylation is 2. The Balaban J connectivity index is 1.32. The second kappa shape index (κ2) is 9.14. The minimum absolute atomic E-state index is 0.0970. The van der Waals surface area contributed by atoms with Crippen molar-refractivity contribution in [3.05, 3.63) is 58.7 Å². The van der Waals surface area contributed by atoms with E-state index >= 15 is 4.39 Å². The van der Waals surface area contributed by atoms with E-state index in [-0.39, 0.29) is 35.1 Å². The molecule has 186 valence electrons. The van der Waals surface area contributed by atoms with Gasteiger partial charge in [-0.3, -0.25) is 4.79 Å². The van der Waals surface area contributed by atoms with Gasteiger partial charge in [-0.25, -0.2) is 9.37 Å². The van der Waals surface area contributed by atoms with E-state index in [1.807, 2.05) is 0 Å². The second-order valence-corrected chi connectivity index (χ2v) is 9.20. The number of aliphatic hydroxyl groups excluding tert-OH is 1. The molecule has 5 rings (SSSR count). The van der Waals surface area contributed by atoms with Crippen molar-refractivity contribution < 1.29 is 32.2 Å². The van der Waals surface area contributed by atoms with Gasteiger partial charge in [0.15, 0.2) is 0 Å². The number of nitrogens with zero attached hydrogens (tertiary/aromatic N) is 2. The number of ether oxygens (including phenoxy) is 1. The fourth-order valence-corrected chi connectivity index (χ4v) is 5.28. The van der Waals surface area contributed by atoms with E-state index in [0.717, 1.165) is 28.8 Å². The highest BCUT2D eigenvalue weighted by Gasteiger charge is 2.32. The maximum atomic E-state index is 15.1. The molecule has 2 aliphatic rings. The standard InChI is InChI=1S/C25H25F4N3O3/c26-19-13-30-23-22(18-7-3-16(33)4-8-20(18)31-23)21(19)14-9-11-32(12-10-14)24(34)15-1-5-17(6-2-15)35-25(27,28)29/h1-2,5-6,13-14,16,33H,3-4,7-12H2,(H,30,31). The summed E-state index contributed by atoms with van der Waals surface area (Å²) in [4.78, 5) is 22.1. The topological polar surface area (TPSA) is 78.5 Å².